The third-order valence-electron chi connectivity index (χ3n) is 5.54. The summed E-state index contributed by atoms with van der Waals surface area (Å²) in [5.41, 5.74) is 4.01. The number of ether oxygens (including phenoxy) is 2. The van der Waals surface area contributed by atoms with E-state index < -0.39 is 23.7 Å². The van der Waals surface area contributed by atoms with Gasteiger partial charge in [0.25, 0.3) is 0 Å². The van der Waals surface area contributed by atoms with Gasteiger partial charge in [0.15, 0.2) is 5.78 Å². The molecule has 0 saturated carbocycles. The Balaban J connectivity index is 1.60. The molecular formula is C30H34N2O5. The van der Waals surface area contributed by atoms with Crippen LogP contribution in [0.4, 0.5) is 4.79 Å². The van der Waals surface area contributed by atoms with Crippen molar-refractivity contribution in [3.8, 4) is 11.1 Å². The second-order valence-corrected chi connectivity index (χ2v) is 9.72. The molecule has 0 radical (unpaired) electrons. The Bertz CT molecular complexity index is 1200. The summed E-state index contributed by atoms with van der Waals surface area (Å²) in [6, 6.07) is 24.3. The van der Waals surface area contributed by atoms with Crippen molar-refractivity contribution in [3.05, 3.63) is 95.6 Å². The van der Waals surface area contributed by atoms with Crippen LogP contribution in [0.2, 0.25) is 0 Å². The van der Waals surface area contributed by atoms with E-state index in [4.69, 9.17) is 9.47 Å². The van der Waals surface area contributed by atoms with E-state index in [2.05, 4.69) is 16.7 Å². The zero-order valence-electron chi connectivity index (χ0n) is 21.7. The van der Waals surface area contributed by atoms with Gasteiger partial charge in [-0.25, -0.2) is 9.59 Å². The van der Waals surface area contributed by atoms with Gasteiger partial charge < -0.3 is 20.1 Å². The molecule has 0 aliphatic carbocycles. The molecule has 194 valence electrons. The van der Waals surface area contributed by atoms with E-state index in [0.717, 1.165) is 22.3 Å². The molecule has 37 heavy (non-hydrogen) atoms. The fourth-order valence-corrected chi connectivity index (χ4v) is 3.76. The number of carbonyl (C=O) groups is 3. The van der Waals surface area contributed by atoms with Crippen molar-refractivity contribution in [1.29, 1.82) is 0 Å². The third kappa shape index (κ3) is 8.88. The fourth-order valence-electron chi connectivity index (χ4n) is 3.76. The maximum Gasteiger partial charge on any atom is 0.408 e. The molecule has 3 rings (SSSR count). The third-order valence-corrected chi connectivity index (χ3v) is 5.54. The van der Waals surface area contributed by atoms with Crippen molar-refractivity contribution < 1.29 is 23.9 Å². The monoisotopic (exact) mass is 502 g/mol. The first-order chi connectivity index (χ1) is 17.6. The predicted molar refractivity (Wildman–Crippen MR) is 143 cm³/mol. The molecule has 0 aliphatic rings. The number of rotatable bonds is 10. The summed E-state index contributed by atoms with van der Waals surface area (Å²) >= 11 is 0. The van der Waals surface area contributed by atoms with Crippen LogP contribution >= 0.6 is 0 Å². The molecule has 1 amide bonds. The van der Waals surface area contributed by atoms with Crippen LogP contribution in [0.3, 0.4) is 0 Å². The van der Waals surface area contributed by atoms with Crippen molar-refractivity contribution >= 4 is 17.8 Å². The molecule has 3 aromatic carbocycles. The lowest BCUT2D eigenvalue weighted by atomic mass is 9.99. The molecule has 7 heteroatoms. The lowest BCUT2D eigenvalue weighted by Crippen LogP contribution is -2.45. The molecule has 7 nitrogen and oxygen atoms in total. The summed E-state index contributed by atoms with van der Waals surface area (Å²) < 4.78 is 10.1. The predicted octanol–water partition coefficient (Wildman–Crippen LogP) is 4.93. The number of amides is 1. The lowest BCUT2D eigenvalue weighted by Gasteiger charge is -2.22. The number of benzene rings is 3. The van der Waals surface area contributed by atoms with Gasteiger partial charge in [-0.05, 0) is 49.1 Å². The smallest absolute Gasteiger partial charge is 0.408 e. The Morgan fingerprint density at radius 1 is 0.838 bits per heavy atom. The van der Waals surface area contributed by atoms with Crippen LogP contribution in [-0.2, 0) is 27.2 Å². The molecule has 0 spiro atoms. The van der Waals surface area contributed by atoms with Gasteiger partial charge in [0.2, 0.25) is 0 Å². The van der Waals surface area contributed by atoms with Crippen LogP contribution in [0.15, 0.2) is 78.9 Å². The van der Waals surface area contributed by atoms with Gasteiger partial charge >= 0.3 is 12.1 Å². The summed E-state index contributed by atoms with van der Waals surface area (Å²) in [4.78, 5) is 36.7. The van der Waals surface area contributed by atoms with Crippen LogP contribution in [0.25, 0.3) is 11.1 Å². The number of Topliss-reactive ketones (excluding diaryl/α,β-unsaturated/α-hetero) is 1. The molecule has 0 fully saturated rings. The van der Waals surface area contributed by atoms with E-state index in [9.17, 15) is 14.4 Å². The number of alkyl carbamates (subject to hydrolysis) is 1. The molecule has 0 aliphatic heterocycles. The van der Waals surface area contributed by atoms with Crippen LogP contribution in [0, 0.1) is 0 Å². The van der Waals surface area contributed by atoms with Gasteiger partial charge in [-0.15, -0.1) is 0 Å². The number of methoxy groups -OCH3 is 1. The number of ketones is 1. The minimum absolute atomic E-state index is 0.0544. The summed E-state index contributed by atoms with van der Waals surface area (Å²) in [6.45, 7) is 6.11. The molecule has 0 heterocycles. The molecule has 2 N–H and O–H groups in total. The van der Waals surface area contributed by atoms with E-state index in [1.54, 1.807) is 20.8 Å². The van der Waals surface area contributed by atoms with E-state index in [-0.39, 0.29) is 18.7 Å². The highest BCUT2D eigenvalue weighted by molar-refractivity contribution is 5.97. The normalized spacial score (nSPS) is 11.9. The summed E-state index contributed by atoms with van der Waals surface area (Å²) in [5, 5.41) is 5.81. The Morgan fingerprint density at radius 2 is 1.54 bits per heavy atom. The second-order valence-electron chi connectivity index (χ2n) is 9.72. The van der Waals surface area contributed by atoms with Crippen molar-refractivity contribution in [3.63, 3.8) is 0 Å². The van der Waals surface area contributed by atoms with Crippen molar-refractivity contribution in [1.82, 2.24) is 10.6 Å². The summed E-state index contributed by atoms with van der Waals surface area (Å²) in [6.07, 6.45) is -0.401. The van der Waals surface area contributed by atoms with Crippen molar-refractivity contribution in [2.24, 2.45) is 0 Å². The zero-order chi connectivity index (χ0) is 26.8. The maximum absolute atomic E-state index is 12.3. The van der Waals surface area contributed by atoms with Gasteiger partial charge in [0.05, 0.1) is 13.7 Å². The molecule has 0 saturated heterocycles. The van der Waals surface area contributed by atoms with E-state index in [1.807, 2.05) is 72.8 Å². The Morgan fingerprint density at radius 3 is 2.19 bits per heavy atom. The minimum Gasteiger partial charge on any atom is -0.467 e. The van der Waals surface area contributed by atoms with Crippen LogP contribution in [0.5, 0.6) is 0 Å². The highest BCUT2D eigenvalue weighted by Gasteiger charge is 2.25. The van der Waals surface area contributed by atoms with E-state index in [0.29, 0.717) is 12.1 Å². The zero-order valence-corrected chi connectivity index (χ0v) is 21.7. The molecule has 0 bridgehead atoms. The molecular weight excluding hydrogens is 468 g/mol. The van der Waals surface area contributed by atoms with Gasteiger partial charge in [0, 0.05) is 18.5 Å². The number of hydrogen-bond donors (Lipinski definition) is 2. The quantitative estimate of drug-likeness (QED) is 0.301. The highest BCUT2D eigenvalue weighted by Crippen LogP contribution is 2.22. The van der Waals surface area contributed by atoms with Gasteiger partial charge in [-0.1, -0.05) is 72.8 Å². The van der Waals surface area contributed by atoms with Crippen LogP contribution in [0.1, 0.15) is 42.3 Å². The first-order valence-electron chi connectivity index (χ1n) is 12.2. The van der Waals surface area contributed by atoms with Gasteiger partial charge in [-0.2, -0.15) is 0 Å². The average molecular weight is 503 g/mol. The standard InChI is InChI=1S/C30H34N2O5/c1-30(2,3)37-29(35)32-26(28(34)36-4)18-21-13-15-23(16-14-21)25-12-8-9-22(17-25)19-31-20-27(33)24-10-6-5-7-11-24/h5-17,26,31H,18-20H2,1-4H3,(H,32,35)/t26-/m1/s1. The minimum atomic E-state index is -0.862. The number of esters is 1. The summed E-state index contributed by atoms with van der Waals surface area (Å²) in [7, 11) is 1.29. The maximum atomic E-state index is 12.3. The Hall–Kier alpha value is -3.97. The SMILES string of the molecule is COC(=O)[C@@H](Cc1ccc(-c2cccc(CNCC(=O)c3ccccc3)c2)cc1)NC(=O)OC(C)(C)C. The Labute approximate surface area is 218 Å². The fraction of sp³-hybridized carbons (Fsp3) is 0.300. The summed E-state index contributed by atoms with van der Waals surface area (Å²) in [5.74, 6) is -0.486. The number of hydrogen-bond acceptors (Lipinski definition) is 6. The topological polar surface area (TPSA) is 93.7 Å². The number of carbonyl (C=O) groups excluding carboxylic acids is 3. The molecule has 0 aromatic heterocycles. The molecule has 1 atom stereocenters. The van der Waals surface area contributed by atoms with Gasteiger partial charge in [-0.3, -0.25) is 4.79 Å². The molecule has 3 aromatic rings. The first kappa shape index (κ1) is 27.6. The Kier molecular flexibility index (Phi) is 9.57. The van der Waals surface area contributed by atoms with Crippen molar-refractivity contribution in [2.45, 2.75) is 45.4 Å². The number of nitrogens with one attached hydrogen (secondary N) is 2. The van der Waals surface area contributed by atoms with Crippen molar-refractivity contribution in [2.75, 3.05) is 13.7 Å². The average Bonchev–Trinajstić information content (AvgIpc) is 2.88. The lowest BCUT2D eigenvalue weighted by molar-refractivity contribution is -0.143. The van der Waals surface area contributed by atoms with E-state index >= 15 is 0 Å². The van der Waals surface area contributed by atoms with E-state index in [1.165, 1.54) is 7.11 Å². The first-order valence-corrected chi connectivity index (χ1v) is 12.2. The largest absolute Gasteiger partial charge is 0.467 e. The van der Waals surface area contributed by atoms with Gasteiger partial charge in [0.1, 0.15) is 11.6 Å². The highest BCUT2D eigenvalue weighted by atomic mass is 16.6. The molecule has 0 unspecified atom stereocenters. The van der Waals surface area contributed by atoms with Crippen LogP contribution < -0.4 is 10.6 Å². The van der Waals surface area contributed by atoms with Crippen LogP contribution in [-0.4, -0.2) is 43.1 Å². The second kappa shape index (κ2) is 12.8.